The van der Waals surface area contributed by atoms with Crippen LogP contribution in [0.3, 0.4) is 0 Å². The number of hydrogen-bond acceptors (Lipinski definition) is 5. The number of carbonyl (C=O) groups is 1. The Hall–Kier alpha value is -2.49. The first-order valence-corrected chi connectivity index (χ1v) is 11.8. The van der Waals surface area contributed by atoms with Gasteiger partial charge in [0, 0.05) is 31.9 Å². The maximum absolute atomic E-state index is 14.3. The van der Waals surface area contributed by atoms with Crippen molar-refractivity contribution in [2.75, 3.05) is 49.6 Å². The third-order valence-corrected chi connectivity index (χ3v) is 7.33. The number of nitrogens with zero attached hydrogens (tertiary/aromatic N) is 2. The van der Waals surface area contributed by atoms with Gasteiger partial charge in [-0.05, 0) is 42.8 Å². The molecule has 168 valence electrons. The number of rotatable bonds is 7. The summed E-state index contributed by atoms with van der Waals surface area (Å²) in [6.07, 6.45) is 0. The second-order valence-electron chi connectivity index (χ2n) is 7.31. The molecule has 1 amide bonds. The number of benzene rings is 2. The van der Waals surface area contributed by atoms with Crippen molar-refractivity contribution in [2.24, 2.45) is 0 Å². The van der Waals surface area contributed by atoms with Gasteiger partial charge in [0.2, 0.25) is 10.0 Å². The number of halogens is 1. The van der Waals surface area contributed by atoms with Crippen molar-refractivity contribution >= 4 is 27.3 Å². The van der Waals surface area contributed by atoms with Gasteiger partial charge in [0.1, 0.15) is 5.82 Å². The van der Waals surface area contributed by atoms with Crippen molar-refractivity contribution in [3.8, 4) is 0 Å². The van der Waals surface area contributed by atoms with Gasteiger partial charge in [-0.3, -0.25) is 4.79 Å². The Balaban J connectivity index is 2.04. The summed E-state index contributed by atoms with van der Waals surface area (Å²) in [7, 11) is -3.76. The zero-order valence-corrected chi connectivity index (χ0v) is 18.8. The Labute approximate surface area is 182 Å². The van der Waals surface area contributed by atoms with Crippen LogP contribution in [0.5, 0.6) is 0 Å². The minimum atomic E-state index is -3.76. The molecule has 0 bridgehead atoms. The number of carbonyl (C=O) groups excluding carboxylic acids is 1. The van der Waals surface area contributed by atoms with E-state index in [0.717, 1.165) is 5.56 Å². The molecule has 1 heterocycles. The van der Waals surface area contributed by atoms with Crippen LogP contribution in [-0.4, -0.2) is 58.0 Å². The largest absolute Gasteiger partial charge is 0.378 e. The fraction of sp³-hybridized carbons (Fsp3) is 0.409. The Morgan fingerprint density at radius 3 is 2.42 bits per heavy atom. The number of hydrogen-bond donors (Lipinski definition) is 1. The van der Waals surface area contributed by atoms with E-state index in [2.05, 4.69) is 5.32 Å². The predicted molar refractivity (Wildman–Crippen MR) is 119 cm³/mol. The highest BCUT2D eigenvalue weighted by atomic mass is 32.2. The molecule has 9 heteroatoms. The van der Waals surface area contributed by atoms with Crippen molar-refractivity contribution < 1.29 is 22.3 Å². The lowest BCUT2D eigenvalue weighted by Gasteiger charge is -2.30. The minimum Gasteiger partial charge on any atom is -0.378 e. The van der Waals surface area contributed by atoms with Crippen LogP contribution < -0.4 is 10.2 Å². The van der Waals surface area contributed by atoms with Gasteiger partial charge in [0.15, 0.2) is 0 Å². The van der Waals surface area contributed by atoms with Crippen molar-refractivity contribution in [3.63, 3.8) is 0 Å². The van der Waals surface area contributed by atoms with Gasteiger partial charge in [-0.1, -0.05) is 19.9 Å². The zero-order chi connectivity index (χ0) is 22.6. The fourth-order valence-corrected chi connectivity index (χ4v) is 5.05. The van der Waals surface area contributed by atoms with Crippen LogP contribution >= 0.6 is 0 Å². The van der Waals surface area contributed by atoms with E-state index in [-0.39, 0.29) is 16.1 Å². The summed E-state index contributed by atoms with van der Waals surface area (Å²) in [4.78, 5) is 15.2. The quantitative estimate of drug-likeness (QED) is 0.702. The van der Waals surface area contributed by atoms with E-state index >= 15 is 0 Å². The summed E-state index contributed by atoms with van der Waals surface area (Å²) in [5, 5.41) is 2.59. The monoisotopic (exact) mass is 449 g/mol. The van der Waals surface area contributed by atoms with E-state index in [4.69, 9.17) is 4.74 Å². The summed E-state index contributed by atoms with van der Waals surface area (Å²) in [5.74, 6) is -1.12. The zero-order valence-electron chi connectivity index (χ0n) is 18.0. The highest BCUT2D eigenvalue weighted by molar-refractivity contribution is 7.89. The van der Waals surface area contributed by atoms with Gasteiger partial charge in [0.25, 0.3) is 5.91 Å². The molecule has 2 aromatic carbocycles. The molecule has 7 nitrogen and oxygen atoms in total. The van der Waals surface area contributed by atoms with E-state index in [1.165, 1.54) is 28.6 Å². The molecule has 0 spiro atoms. The average molecular weight is 450 g/mol. The third-order valence-electron chi connectivity index (χ3n) is 5.28. The van der Waals surface area contributed by atoms with Crippen molar-refractivity contribution in [2.45, 2.75) is 25.7 Å². The van der Waals surface area contributed by atoms with E-state index in [0.29, 0.717) is 45.1 Å². The molecule has 1 aliphatic heterocycles. The summed E-state index contributed by atoms with van der Waals surface area (Å²) in [5.41, 5.74) is 1.54. The third kappa shape index (κ3) is 5.06. The summed E-state index contributed by atoms with van der Waals surface area (Å²) >= 11 is 0. The Bertz CT molecular complexity index is 1050. The average Bonchev–Trinajstić information content (AvgIpc) is 2.76. The normalized spacial score (nSPS) is 14.7. The molecule has 2 aromatic rings. The number of sulfonamides is 1. The first-order valence-electron chi connectivity index (χ1n) is 10.3. The van der Waals surface area contributed by atoms with Crippen LogP contribution in [0.25, 0.3) is 0 Å². The van der Waals surface area contributed by atoms with Crippen LogP contribution in [0.4, 0.5) is 15.8 Å². The lowest BCUT2D eigenvalue weighted by Crippen LogP contribution is -2.37. The molecule has 31 heavy (non-hydrogen) atoms. The number of morpholine rings is 1. The van der Waals surface area contributed by atoms with Gasteiger partial charge < -0.3 is 15.0 Å². The molecule has 0 aliphatic carbocycles. The number of aryl methyl sites for hydroxylation is 1. The SMILES string of the molecule is CCN(CC)S(=O)(=O)c1ccc(N2CCOCC2)c(C(=O)Nc2ccc(C)cc2F)c1. The second kappa shape index (κ2) is 9.76. The van der Waals surface area contributed by atoms with E-state index < -0.39 is 21.7 Å². The van der Waals surface area contributed by atoms with Crippen LogP contribution in [0, 0.1) is 12.7 Å². The van der Waals surface area contributed by atoms with Gasteiger partial charge in [0.05, 0.1) is 29.4 Å². The lowest BCUT2D eigenvalue weighted by atomic mass is 10.1. The molecule has 0 saturated carbocycles. The highest BCUT2D eigenvalue weighted by Gasteiger charge is 2.26. The minimum absolute atomic E-state index is 0.0303. The van der Waals surface area contributed by atoms with Crippen molar-refractivity contribution in [1.29, 1.82) is 0 Å². The molecule has 3 rings (SSSR count). The molecule has 0 atom stereocenters. The first kappa shape index (κ1) is 23.2. The first-order chi connectivity index (χ1) is 14.8. The molecule has 0 aromatic heterocycles. The van der Waals surface area contributed by atoms with Crippen LogP contribution in [0.15, 0.2) is 41.3 Å². The van der Waals surface area contributed by atoms with E-state index in [1.54, 1.807) is 32.9 Å². The van der Waals surface area contributed by atoms with Crippen molar-refractivity contribution in [3.05, 3.63) is 53.3 Å². The Morgan fingerprint density at radius 2 is 1.81 bits per heavy atom. The standard InChI is InChI=1S/C22H28FN3O4S/c1-4-26(5-2)31(28,29)17-7-9-21(25-10-12-30-13-11-25)18(15-17)22(27)24-20-8-6-16(3)14-19(20)23/h6-9,14-15H,4-5,10-13H2,1-3H3,(H,24,27). The molecule has 1 fully saturated rings. The van der Waals surface area contributed by atoms with Crippen LogP contribution in [-0.2, 0) is 14.8 Å². The van der Waals surface area contributed by atoms with Gasteiger partial charge >= 0.3 is 0 Å². The fourth-order valence-electron chi connectivity index (χ4n) is 3.56. The van der Waals surface area contributed by atoms with Crippen LogP contribution in [0.1, 0.15) is 29.8 Å². The number of ether oxygens (including phenoxy) is 1. The number of amides is 1. The topological polar surface area (TPSA) is 79.0 Å². The molecule has 0 radical (unpaired) electrons. The Morgan fingerprint density at radius 1 is 1.13 bits per heavy atom. The summed E-state index contributed by atoms with van der Waals surface area (Å²) < 4.78 is 47.0. The van der Waals surface area contributed by atoms with E-state index in [1.807, 2.05) is 4.90 Å². The molecular formula is C22H28FN3O4S. The maximum Gasteiger partial charge on any atom is 0.257 e. The molecule has 1 saturated heterocycles. The summed E-state index contributed by atoms with van der Waals surface area (Å²) in [6.45, 7) is 8.07. The van der Waals surface area contributed by atoms with Gasteiger partial charge in [-0.25, -0.2) is 12.8 Å². The lowest BCUT2D eigenvalue weighted by molar-refractivity contribution is 0.102. The molecular weight excluding hydrogens is 421 g/mol. The maximum atomic E-state index is 14.3. The second-order valence-corrected chi connectivity index (χ2v) is 9.24. The highest BCUT2D eigenvalue weighted by Crippen LogP contribution is 2.28. The van der Waals surface area contributed by atoms with E-state index in [9.17, 15) is 17.6 Å². The number of nitrogens with one attached hydrogen (secondary N) is 1. The molecule has 1 aliphatic rings. The number of anilines is 2. The van der Waals surface area contributed by atoms with Gasteiger partial charge in [-0.2, -0.15) is 4.31 Å². The molecule has 0 unspecified atom stereocenters. The Kier molecular flexibility index (Phi) is 7.30. The summed E-state index contributed by atoms with van der Waals surface area (Å²) in [6, 6.07) is 9.06. The molecule has 1 N–H and O–H groups in total. The smallest absolute Gasteiger partial charge is 0.257 e. The van der Waals surface area contributed by atoms with Crippen LogP contribution in [0.2, 0.25) is 0 Å². The van der Waals surface area contributed by atoms with Gasteiger partial charge in [-0.15, -0.1) is 0 Å². The predicted octanol–water partition coefficient (Wildman–Crippen LogP) is 3.25. The van der Waals surface area contributed by atoms with Crippen molar-refractivity contribution in [1.82, 2.24) is 4.31 Å².